The molecule has 0 bridgehead atoms. The molecule has 3 heterocycles. The Morgan fingerprint density at radius 3 is 2.95 bits per heavy atom. The summed E-state index contributed by atoms with van der Waals surface area (Å²) in [5.41, 5.74) is 1.41. The van der Waals surface area contributed by atoms with Gasteiger partial charge >= 0.3 is 0 Å². The van der Waals surface area contributed by atoms with Crippen molar-refractivity contribution in [3.8, 4) is 0 Å². The van der Waals surface area contributed by atoms with Crippen molar-refractivity contribution in [1.29, 1.82) is 0 Å². The van der Waals surface area contributed by atoms with E-state index < -0.39 is 0 Å². The van der Waals surface area contributed by atoms with Crippen LogP contribution >= 0.6 is 0 Å². The first-order chi connectivity index (χ1) is 10.1. The van der Waals surface area contributed by atoms with Gasteiger partial charge < -0.3 is 14.5 Å². The first-order valence-corrected chi connectivity index (χ1v) is 6.52. The van der Waals surface area contributed by atoms with Gasteiger partial charge in [0.25, 0.3) is 5.56 Å². The number of anilines is 1. The lowest BCUT2D eigenvalue weighted by atomic mass is 10.3. The Hall–Kier alpha value is -2.77. The summed E-state index contributed by atoms with van der Waals surface area (Å²) in [6.45, 7) is 0.662. The Morgan fingerprint density at radius 1 is 1.29 bits per heavy atom. The minimum absolute atomic E-state index is 0.142. The number of fused-ring (bicyclic) bond motifs is 1. The second-order valence-electron chi connectivity index (χ2n) is 4.78. The molecule has 3 rings (SSSR count). The number of hydrogen-bond donors (Lipinski definition) is 1. The second-order valence-corrected chi connectivity index (χ2v) is 4.78. The van der Waals surface area contributed by atoms with E-state index in [0.717, 1.165) is 17.0 Å². The molecule has 0 aliphatic heterocycles. The molecule has 3 aromatic rings. The summed E-state index contributed by atoms with van der Waals surface area (Å²) in [5, 5.41) is 0. The molecular weight excluding hydrogens is 270 g/mol. The van der Waals surface area contributed by atoms with Crippen molar-refractivity contribution in [2.24, 2.45) is 7.05 Å². The van der Waals surface area contributed by atoms with Gasteiger partial charge in [0.1, 0.15) is 12.2 Å². The van der Waals surface area contributed by atoms with Crippen molar-refractivity contribution < 1.29 is 0 Å². The summed E-state index contributed by atoms with van der Waals surface area (Å²) < 4.78 is 1.85. The molecule has 0 saturated carbocycles. The third-order valence-electron chi connectivity index (χ3n) is 3.25. The Kier molecular flexibility index (Phi) is 3.35. The van der Waals surface area contributed by atoms with E-state index in [0.29, 0.717) is 18.8 Å². The molecule has 0 amide bonds. The summed E-state index contributed by atoms with van der Waals surface area (Å²) in [4.78, 5) is 32.9. The maximum atomic E-state index is 11.2. The van der Waals surface area contributed by atoms with Gasteiger partial charge in [-0.3, -0.25) is 4.79 Å². The predicted octanol–water partition coefficient (Wildman–Crippen LogP) is 0.125. The molecule has 1 N–H and O–H groups in total. The zero-order valence-electron chi connectivity index (χ0n) is 11.8. The van der Waals surface area contributed by atoms with Crippen LogP contribution in [0.25, 0.3) is 11.2 Å². The lowest BCUT2D eigenvalue weighted by Crippen LogP contribution is -2.23. The smallest absolute Gasteiger partial charge is 0.250 e. The second kappa shape index (κ2) is 5.31. The standard InChI is InChI=1S/C13H15N7O/c1-19(6-4-9-14-5-3-10(21)18-9)12-11-13(16-7-15-12)20(2)8-17-11/h3,5,7-8H,4,6H2,1-2H3,(H,14,18,21). The van der Waals surface area contributed by atoms with E-state index in [1.54, 1.807) is 6.33 Å². The van der Waals surface area contributed by atoms with Crippen molar-refractivity contribution >= 4 is 17.0 Å². The van der Waals surface area contributed by atoms with E-state index in [2.05, 4.69) is 24.9 Å². The fourth-order valence-corrected chi connectivity index (χ4v) is 2.13. The predicted molar refractivity (Wildman–Crippen MR) is 78.1 cm³/mol. The molecule has 0 spiro atoms. The molecule has 8 nitrogen and oxygen atoms in total. The van der Waals surface area contributed by atoms with Crippen LogP contribution in [0.3, 0.4) is 0 Å². The number of imidazole rings is 1. The van der Waals surface area contributed by atoms with E-state index in [1.165, 1.54) is 18.6 Å². The molecule has 8 heteroatoms. The van der Waals surface area contributed by atoms with E-state index >= 15 is 0 Å². The number of hydrogen-bond acceptors (Lipinski definition) is 6. The van der Waals surface area contributed by atoms with Crippen LogP contribution < -0.4 is 10.5 Å². The van der Waals surface area contributed by atoms with Crippen molar-refractivity contribution in [3.63, 3.8) is 0 Å². The minimum atomic E-state index is -0.142. The number of rotatable bonds is 4. The molecule has 0 aliphatic carbocycles. The van der Waals surface area contributed by atoms with Crippen LogP contribution in [0.4, 0.5) is 5.82 Å². The topological polar surface area (TPSA) is 92.6 Å². The maximum Gasteiger partial charge on any atom is 0.250 e. The van der Waals surface area contributed by atoms with E-state index in [9.17, 15) is 4.79 Å². The van der Waals surface area contributed by atoms with Gasteiger partial charge in [0, 0.05) is 39.3 Å². The highest BCUT2D eigenvalue weighted by Crippen LogP contribution is 2.19. The summed E-state index contributed by atoms with van der Waals surface area (Å²) in [5.74, 6) is 1.42. The first-order valence-electron chi connectivity index (χ1n) is 6.52. The van der Waals surface area contributed by atoms with E-state index in [4.69, 9.17) is 0 Å². The van der Waals surface area contributed by atoms with Crippen molar-refractivity contribution in [2.45, 2.75) is 6.42 Å². The van der Waals surface area contributed by atoms with Gasteiger partial charge in [0.05, 0.1) is 6.33 Å². The molecule has 0 atom stereocenters. The fraction of sp³-hybridized carbons (Fsp3) is 0.308. The van der Waals surface area contributed by atoms with Crippen molar-refractivity contribution in [2.75, 3.05) is 18.5 Å². The van der Waals surface area contributed by atoms with Crippen molar-refractivity contribution in [3.05, 3.63) is 41.1 Å². The summed E-state index contributed by atoms with van der Waals surface area (Å²) in [6.07, 6.45) is 5.37. The maximum absolute atomic E-state index is 11.2. The molecule has 108 valence electrons. The van der Waals surface area contributed by atoms with Gasteiger partial charge in [-0.15, -0.1) is 0 Å². The van der Waals surface area contributed by atoms with Crippen LogP contribution in [0.2, 0.25) is 0 Å². The van der Waals surface area contributed by atoms with Crippen molar-refractivity contribution in [1.82, 2.24) is 29.5 Å². The highest BCUT2D eigenvalue weighted by Gasteiger charge is 2.12. The monoisotopic (exact) mass is 285 g/mol. The van der Waals surface area contributed by atoms with Gasteiger partial charge in [-0.1, -0.05) is 0 Å². The van der Waals surface area contributed by atoms with Crippen LogP contribution in [0, 0.1) is 0 Å². The van der Waals surface area contributed by atoms with E-state index in [1.807, 2.05) is 23.6 Å². The zero-order valence-corrected chi connectivity index (χ0v) is 11.8. The Bertz CT molecular complexity index is 822. The van der Waals surface area contributed by atoms with Gasteiger partial charge in [-0.05, 0) is 0 Å². The molecule has 0 saturated heterocycles. The number of nitrogens with zero attached hydrogens (tertiary/aromatic N) is 6. The van der Waals surface area contributed by atoms with Crippen LogP contribution in [-0.4, -0.2) is 43.1 Å². The number of aromatic nitrogens is 6. The molecule has 0 aliphatic rings. The highest BCUT2D eigenvalue weighted by molar-refractivity contribution is 5.83. The Balaban J connectivity index is 1.81. The minimum Gasteiger partial charge on any atom is -0.357 e. The third kappa shape index (κ3) is 2.60. The zero-order chi connectivity index (χ0) is 14.8. The summed E-state index contributed by atoms with van der Waals surface area (Å²) in [6, 6.07) is 1.40. The largest absolute Gasteiger partial charge is 0.357 e. The number of nitrogens with one attached hydrogen (secondary N) is 1. The van der Waals surface area contributed by atoms with E-state index in [-0.39, 0.29) is 5.56 Å². The molecule has 21 heavy (non-hydrogen) atoms. The highest BCUT2D eigenvalue weighted by atomic mass is 16.1. The molecule has 0 radical (unpaired) electrons. The van der Waals surface area contributed by atoms with Crippen LogP contribution in [0.1, 0.15) is 5.82 Å². The number of aryl methyl sites for hydroxylation is 1. The van der Waals surface area contributed by atoms with Crippen LogP contribution in [-0.2, 0) is 13.5 Å². The quantitative estimate of drug-likeness (QED) is 0.732. The van der Waals surface area contributed by atoms with Gasteiger partial charge in [0.2, 0.25) is 0 Å². The van der Waals surface area contributed by atoms with Crippen LogP contribution in [0.5, 0.6) is 0 Å². The van der Waals surface area contributed by atoms with Crippen LogP contribution in [0.15, 0.2) is 29.7 Å². The molecule has 0 aromatic carbocycles. The number of aromatic amines is 1. The third-order valence-corrected chi connectivity index (χ3v) is 3.25. The summed E-state index contributed by atoms with van der Waals surface area (Å²) in [7, 11) is 3.82. The normalized spacial score (nSPS) is 11.0. The molecule has 0 unspecified atom stereocenters. The SMILES string of the molecule is CN(CCc1nccc(=O)[nH]1)c1ncnc2c1ncn2C. The first kappa shape index (κ1) is 13.2. The molecular formula is C13H15N7O. The Labute approximate surface area is 120 Å². The number of likely N-dealkylation sites (N-methyl/N-ethyl adjacent to an activating group) is 1. The van der Waals surface area contributed by atoms with Gasteiger partial charge in [-0.25, -0.2) is 19.9 Å². The lowest BCUT2D eigenvalue weighted by molar-refractivity contribution is 0.803. The average molecular weight is 285 g/mol. The lowest BCUT2D eigenvalue weighted by Gasteiger charge is -2.17. The fourth-order valence-electron chi connectivity index (χ4n) is 2.13. The van der Waals surface area contributed by atoms with Gasteiger partial charge in [0.15, 0.2) is 17.0 Å². The van der Waals surface area contributed by atoms with Gasteiger partial charge in [-0.2, -0.15) is 0 Å². The number of H-pyrrole nitrogens is 1. The molecule has 3 aromatic heterocycles. The Morgan fingerprint density at radius 2 is 2.14 bits per heavy atom. The average Bonchev–Trinajstić information content (AvgIpc) is 2.87. The molecule has 0 fully saturated rings. The summed E-state index contributed by atoms with van der Waals surface area (Å²) >= 11 is 0.